The van der Waals surface area contributed by atoms with Crippen LogP contribution in [-0.2, 0) is 6.54 Å². The summed E-state index contributed by atoms with van der Waals surface area (Å²) in [6.45, 7) is 0.758. The summed E-state index contributed by atoms with van der Waals surface area (Å²) >= 11 is 0. The maximum Gasteiger partial charge on any atom is 0.261 e. The number of hydrogen-bond acceptors (Lipinski definition) is 2. The summed E-state index contributed by atoms with van der Waals surface area (Å²) in [4.78, 5) is 25.9. The van der Waals surface area contributed by atoms with Crippen LogP contribution in [0.1, 0.15) is 20.7 Å². The molecule has 0 N–H and O–H groups in total. The lowest BCUT2D eigenvalue weighted by Gasteiger charge is -2.14. The molecule has 114 valence electrons. The molecule has 0 atom stereocenters. The van der Waals surface area contributed by atoms with Gasteiger partial charge in [0.15, 0.2) is 0 Å². The van der Waals surface area contributed by atoms with Gasteiger partial charge in [-0.3, -0.25) is 14.5 Å². The number of carbonyl (C=O) groups excluding carboxylic acids is 2. The van der Waals surface area contributed by atoms with Gasteiger partial charge < -0.3 is 4.57 Å². The molecular formula is C18H13FN2O2. The number of rotatable bonds is 3. The minimum absolute atomic E-state index is 0.256. The average Bonchev–Trinajstić information content (AvgIpc) is 3.06. The molecule has 1 aromatic heterocycles. The fraction of sp³-hybridized carbons (Fsp3) is 0.111. The van der Waals surface area contributed by atoms with Crippen LogP contribution in [0.3, 0.4) is 0 Å². The van der Waals surface area contributed by atoms with Crippen molar-refractivity contribution in [1.82, 2.24) is 9.47 Å². The van der Waals surface area contributed by atoms with Crippen molar-refractivity contribution < 1.29 is 14.0 Å². The van der Waals surface area contributed by atoms with Crippen LogP contribution >= 0.6 is 0 Å². The third kappa shape index (κ3) is 2.12. The summed E-state index contributed by atoms with van der Waals surface area (Å²) < 4.78 is 15.1. The van der Waals surface area contributed by atoms with E-state index in [9.17, 15) is 14.0 Å². The van der Waals surface area contributed by atoms with Crippen LogP contribution in [0.15, 0.2) is 54.7 Å². The highest BCUT2D eigenvalue weighted by atomic mass is 19.1. The first-order chi connectivity index (χ1) is 11.1. The fourth-order valence-corrected chi connectivity index (χ4v) is 3.02. The molecule has 5 heteroatoms. The quantitative estimate of drug-likeness (QED) is 0.698. The monoisotopic (exact) mass is 308 g/mol. The lowest BCUT2D eigenvalue weighted by atomic mass is 10.1. The van der Waals surface area contributed by atoms with E-state index in [0.717, 1.165) is 10.9 Å². The molecule has 2 amide bonds. The number of halogens is 1. The number of carbonyl (C=O) groups is 2. The van der Waals surface area contributed by atoms with Gasteiger partial charge in [-0.2, -0.15) is 0 Å². The lowest BCUT2D eigenvalue weighted by molar-refractivity contribution is 0.0649. The predicted octanol–water partition coefficient (Wildman–Crippen LogP) is 3.08. The van der Waals surface area contributed by atoms with E-state index in [0.29, 0.717) is 17.7 Å². The molecule has 0 fully saturated rings. The van der Waals surface area contributed by atoms with Gasteiger partial charge in [0.1, 0.15) is 5.82 Å². The number of benzene rings is 2. The van der Waals surface area contributed by atoms with E-state index >= 15 is 0 Å². The molecule has 0 unspecified atom stereocenters. The third-order valence-corrected chi connectivity index (χ3v) is 4.18. The minimum Gasteiger partial charge on any atom is -0.346 e. The van der Waals surface area contributed by atoms with Crippen LogP contribution in [0, 0.1) is 5.82 Å². The lowest BCUT2D eigenvalue weighted by Crippen LogP contribution is -2.32. The highest BCUT2D eigenvalue weighted by Crippen LogP contribution is 2.23. The molecule has 0 radical (unpaired) electrons. The van der Waals surface area contributed by atoms with Gasteiger partial charge in [0.2, 0.25) is 0 Å². The molecule has 0 aliphatic carbocycles. The van der Waals surface area contributed by atoms with Crippen molar-refractivity contribution in [2.45, 2.75) is 6.54 Å². The number of imide groups is 1. The molecule has 1 aliphatic rings. The van der Waals surface area contributed by atoms with Gasteiger partial charge in [0, 0.05) is 30.2 Å². The van der Waals surface area contributed by atoms with Gasteiger partial charge in [-0.1, -0.05) is 12.1 Å². The Balaban J connectivity index is 1.58. The smallest absolute Gasteiger partial charge is 0.261 e. The van der Waals surface area contributed by atoms with Crippen LogP contribution in [0.4, 0.5) is 4.39 Å². The summed E-state index contributed by atoms with van der Waals surface area (Å²) in [7, 11) is 0. The maximum absolute atomic E-state index is 13.2. The molecule has 4 rings (SSSR count). The summed E-state index contributed by atoms with van der Waals surface area (Å²) in [5, 5.41) is 0.798. The molecule has 1 aliphatic heterocycles. The van der Waals surface area contributed by atoms with E-state index in [1.54, 1.807) is 30.3 Å². The molecule has 2 aromatic carbocycles. The Kier molecular flexibility index (Phi) is 3.01. The molecule has 0 bridgehead atoms. The third-order valence-electron chi connectivity index (χ3n) is 4.18. The zero-order valence-corrected chi connectivity index (χ0v) is 12.2. The molecule has 4 nitrogen and oxygen atoms in total. The molecule has 0 spiro atoms. The summed E-state index contributed by atoms with van der Waals surface area (Å²) in [6.07, 6.45) is 1.84. The zero-order chi connectivity index (χ0) is 16.0. The van der Waals surface area contributed by atoms with Crippen LogP contribution in [0.25, 0.3) is 10.9 Å². The minimum atomic E-state index is -0.282. The van der Waals surface area contributed by atoms with Crippen molar-refractivity contribution >= 4 is 22.7 Å². The zero-order valence-electron chi connectivity index (χ0n) is 12.2. The Hall–Kier alpha value is -2.95. The number of amides is 2. The van der Waals surface area contributed by atoms with Gasteiger partial charge in [-0.15, -0.1) is 0 Å². The Morgan fingerprint density at radius 2 is 1.57 bits per heavy atom. The van der Waals surface area contributed by atoms with Crippen molar-refractivity contribution in [3.8, 4) is 0 Å². The summed E-state index contributed by atoms with van der Waals surface area (Å²) in [6, 6.07) is 13.2. The number of aromatic nitrogens is 1. The van der Waals surface area contributed by atoms with Gasteiger partial charge in [-0.05, 0) is 36.4 Å². The van der Waals surface area contributed by atoms with E-state index in [-0.39, 0.29) is 24.2 Å². The van der Waals surface area contributed by atoms with Crippen molar-refractivity contribution in [3.63, 3.8) is 0 Å². The fourth-order valence-electron chi connectivity index (χ4n) is 3.02. The molecular weight excluding hydrogens is 295 g/mol. The van der Waals surface area contributed by atoms with Crippen molar-refractivity contribution in [2.24, 2.45) is 0 Å². The number of fused-ring (bicyclic) bond motifs is 2. The Morgan fingerprint density at radius 1 is 0.870 bits per heavy atom. The van der Waals surface area contributed by atoms with Gasteiger partial charge in [0.25, 0.3) is 11.8 Å². The van der Waals surface area contributed by atoms with Crippen molar-refractivity contribution in [3.05, 3.63) is 71.7 Å². The molecule has 0 saturated carbocycles. The first-order valence-corrected chi connectivity index (χ1v) is 7.35. The normalized spacial score (nSPS) is 13.9. The molecule has 3 aromatic rings. The van der Waals surface area contributed by atoms with Crippen LogP contribution < -0.4 is 0 Å². The number of nitrogens with zero attached hydrogens (tertiary/aromatic N) is 2. The van der Waals surface area contributed by atoms with Crippen molar-refractivity contribution in [2.75, 3.05) is 6.54 Å². The van der Waals surface area contributed by atoms with Crippen LogP contribution in [0.2, 0.25) is 0 Å². The Morgan fingerprint density at radius 3 is 2.26 bits per heavy atom. The second-order valence-corrected chi connectivity index (χ2v) is 5.52. The van der Waals surface area contributed by atoms with Crippen LogP contribution in [0.5, 0.6) is 0 Å². The molecule has 0 saturated heterocycles. The van der Waals surface area contributed by atoms with Gasteiger partial charge in [-0.25, -0.2) is 4.39 Å². The topological polar surface area (TPSA) is 42.3 Å². The first kappa shape index (κ1) is 13.7. The SMILES string of the molecule is O=C1c2ccccc2C(=O)N1CCn1ccc2cc(F)ccc21. The Labute approximate surface area is 131 Å². The van der Waals surface area contributed by atoms with Gasteiger partial charge in [0.05, 0.1) is 11.1 Å². The molecule has 23 heavy (non-hydrogen) atoms. The van der Waals surface area contributed by atoms with E-state index in [2.05, 4.69) is 0 Å². The van der Waals surface area contributed by atoms with E-state index in [1.165, 1.54) is 17.0 Å². The van der Waals surface area contributed by atoms with E-state index in [4.69, 9.17) is 0 Å². The second kappa shape index (κ2) is 5.05. The highest BCUT2D eigenvalue weighted by Gasteiger charge is 2.34. The summed E-state index contributed by atoms with van der Waals surface area (Å²) in [5.41, 5.74) is 1.79. The van der Waals surface area contributed by atoms with E-state index in [1.807, 2.05) is 16.8 Å². The predicted molar refractivity (Wildman–Crippen MR) is 83.7 cm³/mol. The largest absolute Gasteiger partial charge is 0.346 e. The van der Waals surface area contributed by atoms with Gasteiger partial charge >= 0.3 is 0 Å². The average molecular weight is 308 g/mol. The van der Waals surface area contributed by atoms with Crippen molar-refractivity contribution in [1.29, 1.82) is 0 Å². The number of hydrogen-bond donors (Lipinski definition) is 0. The highest BCUT2D eigenvalue weighted by molar-refractivity contribution is 6.21. The van der Waals surface area contributed by atoms with E-state index < -0.39 is 0 Å². The summed E-state index contributed by atoms with van der Waals surface area (Å²) in [5.74, 6) is -0.795. The maximum atomic E-state index is 13.2. The molecule has 2 heterocycles. The van der Waals surface area contributed by atoms with Crippen LogP contribution in [-0.4, -0.2) is 27.8 Å². The first-order valence-electron chi connectivity index (χ1n) is 7.35. The second-order valence-electron chi connectivity index (χ2n) is 5.52. The Bertz CT molecular complexity index is 910. The standard InChI is InChI=1S/C18H13FN2O2/c19-13-5-6-16-12(11-13)7-8-20(16)9-10-21-17(22)14-3-1-2-4-15(14)18(21)23/h1-8,11H,9-10H2.